The first-order chi connectivity index (χ1) is 12.0. The summed E-state index contributed by atoms with van der Waals surface area (Å²) < 4.78 is 0. The standard InChI is InChI=1S/C13H23N5O8/c1-5(20)10(12(24)17-7(13(25)26)2-8(15)21)18-9(22)3-16-11(23)6(14)4-19/h5-7,10,19-20H,2-4,14H2,1H3,(H2,15,21)(H,16,23)(H,17,24)(H,18,22)(H,25,26). The van der Waals surface area contributed by atoms with Crippen LogP contribution < -0.4 is 27.4 Å². The summed E-state index contributed by atoms with van der Waals surface area (Å²) in [4.78, 5) is 57.0. The number of aliphatic hydroxyl groups excluding tert-OH is 2. The van der Waals surface area contributed by atoms with Crippen LogP contribution in [-0.2, 0) is 24.0 Å². The molecule has 0 rings (SSSR count). The SMILES string of the molecule is CC(O)C(NC(=O)CNC(=O)C(N)CO)C(=O)NC(CC(N)=O)C(=O)O. The average Bonchev–Trinajstić information content (AvgIpc) is 2.54. The minimum absolute atomic E-state index is 0.604. The molecule has 0 radical (unpaired) electrons. The van der Waals surface area contributed by atoms with Gasteiger partial charge in [-0.15, -0.1) is 0 Å². The fourth-order valence-corrected chi connectivity index (χ4v) is 1.67. The van der Waals surface area contributed by atoms with Gasteiger partial charge in [0, 0.05) is 0 Å². The number of amides is 4. The van der Waals surface area contributed by atoms with Crippen LogP contribution in [0.1, 0.15) is 13.3 Å². The molecule has 0 spiro atoms. The molecule has 0 aliphatic carbocycles. The van der Waals surface area contributed by atoms with Crippen molar-refractivity contribution in [3.05, 3.63) is 0 Å². The third-order valence-corrected chi connectivity index (χ3v) is 3.06. The summed E-state index contributed by atoms with van der Waals surface area (Å²) in [6.45, 7) is -0.0794. The van der Waals surface area contributed by atoms with Crippen LogP contribution >= 0.6 is 0 Å². The molecule has 4 amide bonds. The van der Waals surface area contributed by atoms with Gasteiger partial charge in [-0.25, -0.2) is 4.79 Å². The highest BCUT2D eigenvalue weighted by molar-refractivity contribution is 5.93. The van der Waals surface area contributed by atoms with Gasteiger partial charge in [-0.1, -0.05) is 0 Å². The molecule has 10 N–H and O–H groups in total. The van der Waals surface area contributed by atoms with Gasteiger partial charge in [0.05, 0.1) is 25.7 Å². The molecule has 13 nitrogen and oxygen atoms in total. The molecule has 0 heterocycles. The van der Waals surface area contributed by atoms with E-state index in [9.17, 15) is 29.1 Å². The van der Waals surface area contributed by atoms with Gasteiger partial charge in [0.2, 0.25) is 23.6 Å². The Kier molecular flexibility index (Phi) is 9.80. The number of carbonyl (C=O) groups is 5. The molecular formula is C13H23N5O8. The summed E-state index contributed by atoms with van der Waals surface area (Å²) in [5, 5.41) is 33.4. The molecule has 0 aromatic heterocycles. The maximum Gasteiger partial charge on any atom is 0.326 e. The normalized spacial score (nSPS) is 15.1. The lowest BCUT2D eigenvalue weighted by molar-refractivity contribution is -0.144. The van der Waals surface area contributed by atoms with E-state index in [1.807, 2.05) is 5.32 Å². The Labute approximate surface area is 148 Å². The summed E-state index contributed by atoms with van der Waals surface area (Å²) in [6, 6.07) is -4.43. The second kappa shape index (κ2) is 11.0. The summed E-state index contributed by atoms with van der Waals surface area (Å²) in [6.07, 6.45) is -2.10. The molecule has 0 aliphatic heterocycles. The van der Waals surface area contributed by atoms with Crippen molar-refractivity contribution in [1.82, 2.24) is 16.0 Å². The predicted octanol–water partition coefficient (Wildman–Crippen LogP) is -5.27. The van der Waals surface area contributed by atoms with Crippen LogP contribution in [0.2, 0.25) is 0 Å². The number of nitrogens with two attached hydrogens (primary N) is 2. The molecule has 0 aromatic carbocycles. The maximum atomic E-state index is 12.1. The largest absolute Gasteiger partial charge is 0.480 e. The number of hydrogen-bond donors (Lipinski definition) is 8. The van der Waals surface area contributed by atoms with Crippen LogP contribution in [0, 0.1) is 0 Å². The van der Waals surface area contributed by atoms with E-state index in [0.29, 0.717) is 0 Å². The van der Waals surface area contributed by atoms with E-state index in [-0.39, 0.29) is 0 Å². The van der Waals surface area contributed by atoms with E-state index in [2.05, 4.69) is 10.6 Å². The zero-order valence-corrected chi connectivity index (χ0v) is 14.0. The number of primary amides is 1. The lowest BCUT2D eigenvalue weighted by Gasteiger charge is -2.23. The lowest BCUT2D eigenvalue weighted by atomic mass is 10.1. The summed E-state index contributed by atoms with van der Waals surface area (Å²) >= 11 is 0. The fourth-order valence-electron chi connectivity index (χ4n) is 1.67. The predicted molar refractivity (Wildman–Crippen MR) is 85.1 cm³/mol. The highest BCUT2D eigenvalue weighted by atomic mass is 16.4. The Hall–Kier alpha value is -2.77. The first-order valence-electron chi connectivity index (χ1n) is 7.42. The topological polar surface area (TPSA) is 234 Å². The van der Waals surface area contributed by atoms with E-state index in [1.165, 1.54) is 0 Å². The molecule has 0 saturated heterocycles. The number of hydrogen-bond acceptors (Lipinski definition) is 8. The van der Waals surface area contributed by atoms with Crippen LogP contribution in [0.25, 0.3) is 0 Å². The summed E-state index contributed by atoms with van der Waals surface area (Å²) in [7, 11) is 0. The van der Waals surface area contributed by atoms with Crippen molar-refractivity contribution < 1.29 is 39.3 Å². The smallest absolute Gasteiger partial charge is 0.326 e. The average molecular weight is 377 g/mol. The third kappa shape index (κ3) is 8.36. The Morgan fingerprint density at radius 3 is 2.08 bits per heavy atom. The van der Waals surface area contributed by atoms with Crippen LogP contribution in [-0.4, -0.2) is 82.3 Å². The van der Waals surface area contributed by atoms with Gasteiger partial charge in [0.1, 0.15) is 18.1 Å². The van der Waals surface area contributed by atoms with Crippen molar-refractivity contribution >= 4 is 29.6 Å². The van der Waals surface area contributed by atoms with Crippen molar-refractivity contribution in [2.24, 2.45) is 11.5 Å². The molecule has 0 saturated carbocycles. The van der Waals surface area contributed by atoms with Gasteiger partial charge in [-0.05, 0) is 6.92 Å². The lowest BCUT2D eigenvalue weighted by Crippen LogP contribution is -2.57. The van der Waals surface area contributed by atoms with Crippen molar-refractivity contribution in [3.8, 4) is 0 Å². The van der Waals surface area contributed by atoms with Gasteiger partial charge in [-0.3, -0.25) is 19.2 Å². The molecule has 4 atom stereocenters. The zero-order valence-electron chi connectivity index (χ0n) is 14.0. The number of nitrogens with one attached hydrogen (secondary N) is 3. The number of carboxylic acids is 1. The highest BCUT2D eigenvalue weighted by Crippen LogP contribution is 1.98. The molecule has 148 valence electrons. The maximum absolute atomic E-state index is 12.1. The second-order valence-corrected chi connectivity index (χ2v) is 5.36. The molecule has 13 heteroatoms. The summed E-state index contributed by atoms with van der Waals surface area (Å²) in [5.41, 5.74) is 10.1. The van der Waals surface area contributed by atoms with Crippen molar-refractivity contribution in [2.45, 2.75) is 37.6 Å². The Morgan fingerprint density at radius 1 is 1.08 bits per heavy atom. The molecular weight excluding hydrogens is 354 g/mol. The van der Waals surface area contributed by atoms with Crippen molar-refractivity contribution in [1.29, 1.82) is 0 Å². The van der Waals surface area contributed by atoms with Gasteiger partial charge >= 0.3 is 5.97 Å². The second-order valence-electron chi connectivity index (χ2n) is 5.36. The number of aliphatic hydroxyl groups is 2. The van der Waals surface area contributed by atoms with Crippen LogP contribution in [0.4, 0.5) is 0 Å². The van der Waals surface area contributed by atoms with Gasteiger partial charge in [0.15, 0.2) is 0 Å². The fraction of sp³-hybridized carbons (Fsp3) is 0.615. The summed E-state index contributed by atoms with van der Waals surface area (Å²) in [5.74, 6) is -5.27. The van der Waals surface area contributed by atoms with Gasteiger partial charge in [0.25, 0.3) is 0 Å². The molecule has 0 aliphatic rings. The Balaban J connectivity index is 4.83. The van der Waals surface area contributed by atoms with Gasteiger partial charge < -0.3 is 42.7 Å². The van der Waals surface area contributed by atoms with Gasteiger partial charge in [-0.2, -0.15) is 0 Å². The Bertz CT molecular complexity index is 553. The molecule has 4 unspecified atom stereocenters. The van der Waals surface area contributed by atoms with Crippen LogP contribution in [0.15, 0.2) is 0 Å². The van der Waals surface area contributed by atoms with E-state index < -0.39 is 73.4 Å². The number of rotatable bonds is 11. The van der Waals surface area contributed by atoms with Crippen molar-refractivity contribution in [3.63, 3.8) is 0 Å². The zero-order chi connectivity index (χ0) is 20.4. The molecule has 26 heavy (non-hydrogen) atoms. The minimum Gasteiger partial charge on any atom is -0.480 e. The van der Waals surface area contributed by atoms with E-state index >= 15 is 0 Å². The van der Waals surface area contributed by atoms with Crippen molar-refractivity contribution in [2.75, 3.05) is 13.2 Å². The number of carboxylic acid groups (broad SMARTS) is 1. The number of aliphatic carboxylic acids is 1. The first kappa shape index (κ1) is 23.2. The van der Waals surface area contributed by atoms with E-state index in [1.54, 1.807) is 0 Å². The van der Waals surface area contributed by atoms with Crippen LogP contribution in [0.3, 0.4) is 0 Å². The Morgan fingerprint density at radius 2 is 1.65 bits per heavy atom. The monoisotopic (exact) mass is 377 g/mol. The third-order valence-electron chi connectivity index (χ3n) is 3.06. The minimum atomic E-state index is -1.64. The number of carbonyl (C=O) groups excluding carboxylic acids is 4. The first-order valence-corrected chi connectivity index (χ1v) is 7.42. The molecule has 0 aromatic rings. The quantitative estimate of drug-likeness (QED) is 0.171. The highest BCUT2D eigenvalue weighted by Gasteiger charge is 2.30. The van der Waals surface area contributed by atoms with E-state index in [0.717, 1.165) is 6.92 Å². The van der Waals surface area contributed by atoms with E-state index in [4.69, 9.17) is 21.7 Å². The molecule has 0 fully saturated rings. The molecule has 0 bridgehead atoms. The van der Waals surface area contributed by atoms with Crippen LogP contribution in [0.5, 0.6) is 0 Å².